The number of para-hydroxylation sites is 5. The van der Waals surface area contributed by atoms with Gasteiger partial charge >= 0.3 is 0 Å². The summed E-state index contributed by atoms with van der Waals surface area (Å²) in [6.45, 7) is 5.25. The van der Waals surface area contributed by atoms with Gasteiger partial charge in [-0.3, -0.25) is 67.5 Å². The van der Waals surface area contributed by atoms with Crippen LogP contribution in [-0.4, -0.2) is 237 Å². The summed E-state index contributed by atoms with van der Waals surface area (Å²) in [5.41, 5.74) is 14.8. The number of anilines is 6. The number of ketones is 4. The van der Waals surface area contributed by atoms with Gasteiger partial charge in [0.2, 0.25) is 23.6 Å². The number of hydrogen-bond donors (Lipinski definition) is 12. The number of nitrogens with one attached hydrogen (secondary N) is 5. The van der Waals surface area contributed by atoms with E-state index in [0.717, 1.165) is 67.4 Å². The van der Waals surface area contributed by atoms with Crippen molar-refractivity contribution >= 4 is 110 Å². The van der Waals surface area contributed by atoms with E-state index in [1.807, 2.05) is 242 Å². The van der Waals surface area contributed by atoms with E-state index in [0.29, 0.717) is 78.9 Å². The lowest BCUT2D eigenvalue weighted by Gasteiger charge is -2.23. The van der Waals surface area contributed by atoms with Crippen LogP contribution >= 0.6 is 0 Å². The van der Waals surface area contributed by atoms with Crippen molar-refractivity contribution in [2.75, 3.05) is 150 Å². The monoisotopic (exact) mass is 2020 g/mol. The van der Waals surface area contributed by atoms with Crippen LogP contribution < -0.4 is 56.0 Å². The number of rotatable bonds is 48. The molecule has 0 spiro atoms. The summed E-state index contributed by atoms with van der Waals surface area (Å²) in [6.07, 6.45) is 3.00. The number of hydrogen-bond acceptors (Lipinski definition) is 23. The number of hydroxylamine groups is 1. The van der Waals surface area contributed by atoms with Crippen molar-refractivity contribution in [2.24, 2.45) is 0 Å². The fourth-order valence-corrected chi connectivity index (χ4v) is 14.7. The molecule has 0 saturated heterocycles. The van der Waals surface area contributed by atoms with Crippen LogP contribution in [0.4, 0.5) is 34.1 Å². The molecular formula is C116H133N11O21. The van der Waals surface area contributed by atoms with E-state index in [2.05, 4.69) is 21.3 Å². The highest BCUT2D eigenvalue weighted by Gasteiger charge is 2.23. The predicted molar refractivity (Wildman–Crippen MR) is 572 cm³/mol. The summed E-state index contributed by atoms with van der Waals surface area (Å²) in [6, 6.07) is 98.2. The molecule has 148 heavy (non-hydrogen) atoms. The molecule has 0 radical (unpaired) electrons. The smallest absolute Gasteiger partial charge is 0.264 e. The average molecular weight is 2020 g/mol. The fraction of sp³-hybridized carbons (Fsp3) is 0.267. The molecule has 0 atom stereocenters. The van der Waals surface area contributed by atoms with Crippen molar-refractivity contribution in [3.8, 4) is 5.75 Å². The summed E-state index contributed by atoms with van der Waals surface area (Å²) in [4.78, 5) is 165. The molecule has 32 nitrogen and oxygen atoms in total. The lowest BCUT2D eigenvalue weighted by molar-refractivity contribution is -0.129. The minimum absolute atomic E-state index is 0.0109. The number of aryl methyl sites for hydroxylation is 1. The van der Waals surface area contributed by atoms with E-state index in [4.69, 9.17) is 15.1 Å². The Morgan fingerprint density at radius 3 is 1.01 bits per heavy atom. The van der Waals surface area contributed by atoms with Crippen molar-refractivity contribution < 1.29 is 103 Å². The maximum absolute atomic E-state index is 12.6. The van der Waals surface area contributed by atoms with Gasteiger partial charge in [0.1, 0.15) is 23.1 Å². The second-order valence-electron chi connectivity index (χ2n) is 33.3. The van der Waals surface area contributed by atoms with Crippen LogP contribution in [0.5, 0.6) is 5.75 Å². The summed E-state index contributed by atoms with van der Waals surface area (Å²) in [5, 5.41) is 74.5. The van der Waals surface area contributed by atoms with Gasteiger partial charge < -0.3 is 86.0 Å². The minimum atomic E-state index is -0.429. The Hall–Kier alpha value is -16.3. The highest BCUT2D eigenvalue weighted by atomic mass is 16.5. The van der Waals surface area contributed by atoms with Gasteiger partial charge in [-0.25, -0.2) is 5.48 Å². The van der Waals surface area contributed by atoms with E-state index in [1.165, 1.54) is 9.80 Å². The molecular weight excluding hydrogens is 1880 g/mol. The number of carbonyl (C=O) groups excluding carboxylic acids is 13. The zero-order valence-electron chi connectivity index (χ0n) is 84.1. The highest BCUT2D eigenvalue weighted by Crippen LogP contribution is 2.24. The molecule has 0 aliphatic rings. The molecule has 0 aromatic heterocycles. The number of Topliss-reactive ketones (excluding diaryl/α,β-unsaturated/α-hetero) is 4. The number of aliphatic hydroxyl groups excluding tert-OH is 6. The molecule has 32 heteroatoms. The minimum Gasteiger partial charge on any atom is -0.484 e. The van der Waals surface area contributed by atoms with Crippen LogP contribution in [0.1, 0.15) is 120 Å². The van der Waals surface area contributed by atoms with Gasteiger partial charge in [0.05, 0.1) is 72.0 Å². The molecule has 0 aliphatic carbocycles. The molecule has 0 saturated carbocycles. The highest BCUT2D eigenvalue weighted by molar-refractivity contribution is 6.01. The second kappa shape index (κ2) is 67.3. The van der Waals surface area contributed by atoms with Gasteiger partial charge in [-0.1, -0.05) is 208 Å². The van der Waals surface area contributed by atoms with Crippen LogP contribution in [0.25, 0.3) is 0 Å². The molecule has 0 fully saturated rings. The molecule has 12 aromatic rings. The Bertz CT molecular complexity index is 5930. The number of amides is 9. The first-order chi connectivity index (χ1) is 71.7. The Morgan fingerprint density at radius 1 is 0.304 bits per heavy atom. The topological polar surface area (TPSA) is 452 Å². The average Bonchev–Trinajstić information content (AvgIpc) is 0.872. The van der Waals surface area contributed by atoms with Crippen LogP contribution in [0.2, 0.25) is 0 Å². The van der Waals surface area contributed by atoms with Crippen molar-refractivity contribution in [2.45, 2.75) is 84.6 Å². The standard InChI is InChI=1S/C22H25NO4.C20H23NO3.C19H22N2O4.C19H22N2O3.C18H21N3O3.C18H20N2O4/c1-2-20(25)16-21(26)14-17-8-10-18(11-9-17)15-22(27)23(12-13-24)19-6-4-3-5-7-19;1-2-19(23)14-16-8-10-17(11-9-16)15-21(12-13-22)20(24)18-6-4-3-5-7-18;22-13-12-21(17-4-2-1-3-5-17)19(24)14-16-8-6-15(7-9-16)10-11-18(23)20-25;1-20-19(24)16-9-7-15(8-10-16)13-18(23)14-21(11-12-22)17-5-3-2-4-6-17;1-19-18(24)14-7-9-15(10-8-14)20-13-17(23)21(11-12-22)16-5-3-2-4-6-16;1-19-18(23)14-7-9-16(10-8-14)24-13-17(22)20(11-12-21)15-5-3-2-4-6-15/h3-11,24H,2,12-16H2,1H3;3-11,22H,2,12-15H2,1H3;1-9,22,25H,10-14H2,(H,20,23);2-10,22H,11-14H2,1H3,(H,20,24);2-10,20,22H,11-13H2,1H3,(H,19,24);2-10,21H,11-13H2,1H3,(H,19,23). The third-order valence-corrected chi connectivity index (χ3v) is 22.6. The van der Waals surface area contributed by atoms with E-state index in [9.17, 15) is 87.9 Å². The maximum Gasteiger partial charge on any atom is 0.264 e. The fourth-order valence-electron chi connectivity index (χ4n) is 14.7. The zero-order chi connectivity index (χ0) is 107. The summed E-state index contributed by atoms with van der Waals surface area (Å²) in [7, 11) is 4.72. The Balaban J connectivity index is 0.000000240. The first-order valence-corrected chi connectivity index (χ1v) is 48.5. The van der Waals surface area contributed by atoms with E-state index < -0.39 is 5.91 Å². The van der Waals surface area contributed by atoms with Crippen molar-refractivity contribution in [3.63, 3.8) is 0 Å². The molecule has 0 heterocycles. The van der Waals surface area contributed by atoms with Gasteiger partial charge in [0.15, 0.2) is 12.4 Å². The third-order valence-electron chi connectivity index (χ3n) is 22.6. The van der Waals surface area contributed by atoms with Crippen molar-refractivity contribution in [3.05, 3.63) is 389 Å². The third kappa shape index (κ3) is 42.5. The normalized spacial score (nSPS) is 10.3. The van der Waals surface area contributed by atoms with Gasteiger partial charge in [0.25, 0.3) is 29.5 Å². The van der Waals surface area contributed by atoms with Crippen molar-refractivity contribution in [1.29, 1.82) is 0 Å². The Morgan fingerprint density at radius 2 is 0.628 bits per heavy atom. The maximum atomic E-state index is 12.6. The predicted octanol–water partition coefficient (Wildman–Crippen LogP) is 11.9. The van der Waals surface area contributed by atoms with E-state index in [-0.39, 0.29) is 195 Å². The Kier molecular flexibility index (Phi) is 53.9. The van der Waals surface area contributed by atoms with Gasteiger partial charge in [0, 0.05) is 162 Å². The number of nitrogens with zero attached hydrogens (tertiary/aromatic N) is 6. The molecule has 12 aromatic carbocycles. The van der Waals surface area contributed by atoms with Crippen LogP contribution in [0.3, 0.4) is 0 Å². The molecule has 778 valence electrons. The second-order valence-corrected chi connectivity index (χ2v) is 33.3. The van der Waals surface area contributed by atoms with Gasteiger partial charge in [-0.2, -0.15) is 0 Å². The molecule has 12 N–H and O–H groups in total. The molecule has 9 amide bonds. The van der Waals surface area contributed by atoms with Crippen LogP contribution in [0, 0.1) is 0 Å². The van der Waals surface area contributed by atoms with Crippen LogP contribution in [0.15, 0.2) is 328 Å². The van der Waals surface area contributed by atoms with Gasteiger partial charge in [-0.15, -0.1) is 0 Å². The first-order valence-electron chi connectivity index (χ1n) is 48.5. The zero-order valence-corrected chi connectivity index (χ0v) is 84.1. The summed E-state index contributed by atoms with van der Waals surface area (Å²) < 4.78 is 5.48. The van der Waals surface area contributed by atoms with Gasteiger partial charge in [-0.05, 0) is 179 Å². The van der Waals surface area contributed by atoms with E-state index in [1.54, 1.807) is 145 Å². The SMILES string of the molecule is CCC(=O)CC(=O)Cc1ccc(CC(=O)N(CCO)c2ccccc2)cc1.CCC(=O)Cc1ccc(CN(CCO)C(=O)c2ccccc2)cc1.CNC(=O)c1ccc(CC(=O)CN(CCO)c2ccccc2)cc1.CNC(=O)c1ccc(NCC(=O)N(CCO)c2ccccc2)cc1.CNC(=O)c1ccc(OCC(=O)N(CCO)c2ccccc2)cc1.O=C(CCc1ccc(CC(=O)N(CCO)c2ccccc2)cc1)NO. The summed E-state index contributed by atoms with van der Waals surface area (Å²) in [5.74, 6) is -1.00. The Labute approximate surface area is 863 Å². The first kappa shape index (κ1) is 119. The summed E-state index contributed by atoms with van der Waals surface area (Å²) >= 11 is 0. The largest absolute Gasteiger partial charge is 0.484 e. The van der Waals surface area contributed by atoms with E-state index >= 15 is 0 Å². The molecule has 0 bridgehead atoms. The number of carbonyl (C=O) groups is 13. The quantitative estimate of drug-likeness (QED) is 0.00957. The number of benzene rings is 12. The lowest BCUT2D eigenvalue weighted by atomic mass is 10.0. The molecule has 12 rings (SSSR count). The van der Waals surface area contributed by atoms with Crippen molar-refractivity contribution in [1.82, 2.24) is 26.3 Å². The molecule has 0 unspecified atom stereocenters. The molecule has 0 aliphatic heterocycles. The van der Waals surface area contributed by atoms with Crippen LogP contribution in [-0.2, 0) is 88.2 Å². The number of aliphatic hydroxyl groups is 6. The lowest BCUT2D eigenvalue weighted by Crippen LogP contribution is -2.37. The number of ether oxygens (including phenoxy) is 1.